The zero-order chi connectivity index (χ0) is 12.6. The Morgan fingerprint density at radius 1 is 1.35 bits per heavy atom. The number of aryl methyl sites for hydroxylation is 3. The molecule has 2 aromatic rings. The molecular formula is C14H17NO2. The molecule has 0 radical (unpaired) electrons. The van der Waals surface area contributed by atoms with Gasteiger partial charge in [-0.25, -0.2) is 4.79 Å². The summed E-state index contributed by atoms with van der Waals surface area (Å²) >= 11 is 0. The van der Waals surface area contributed by atoms with Crippen molar-refractivity contribution in [3.8, 4) is 0 Å². The third-order valence-electron chi connectivity index (χ3n) is 3.14. The maximum absolute atomic E-state index is 11.4. The maximum Gasteiger partial charge on any atom is 0.338 e. The van der Waals surface area contributed by atoms with Crippen LogP contribution in [0.4, 0.5) is 0 Å². The number of aromatic nitrogens is 1. The molecule has 0 aliphatic rings. The van der Waals surface area contributed by atoms with Crippen molar-refractivity contribution >= 4 is 16.9 Å². The number of nitrogens with zero attached hydrogens (tertiary/aromatic N) is 1. The fourth-order valence-electron chi connectivity index (χ4n) is 2.38. The topological polar surface area (TPSA) is 42.2 Å². The van der Waals surface area contributed by atoms with Crippen LogP contribution in [0.15, 0.2) is 18.2 Å². The Morgan fingerprint density at radius 3 is 2.65 bits per heavy atom. The summed E-state index contributed by atoms with van der Waals surface area (Å²) in [6, 6.07) is 5.93. The molecule has 1 aromatic carbocycles. The molecule has 3 nitrogen and oxygen atoms in total. The van der Waals surface area contributed by atoms with Crippen molar-refractivity contribution in [1.29, 1.82) is 0 Å². The quantitative estimate of drug-likeness (QED) is 0.880. The lowest BCUT2D eigenvalue weighted by atomic mass is 10.1. The van der Waals surface area contributed by atoms with Gasteiger partial charge in [-0.2, -0.15) is 0 Å². The highest BCUT2D eigenvalue weighted by Gasteiger charge is 2.16. The Kier molecular flexibility index (Phi) is 2.92. The Balaban J connectivity index is 2.85. The van der Waals surface area contributed by atoms with Crippen LogP contribution in [0.25, 0.3) is 10.9 Å². The maximum atomic E-state index is 11.4. The summed E-state index contributed by atoms with van der Waals surface area (Å²) in [6.07, 6.45) is 0.998. The number of hydrogen-bond donors (Lipinski definition) is 1. The van der Waals surface area contributed by atoms with Crippen LogP contribution in [0.5, 0.6) is 0 Å². The zero-order valence-electron chi connectivity index (χ0n) is 10.4. The molecule has 2 rings (SSSR count). The molecule has 0 spiro atoms. The highest BCUT2D eigenvalue weighted by molar-refractivity contribution is 6.04. The number of carbonyl (C=O) groups is 1. The first kappa shape index (κ1) is 11.7. The van der Waals surface area contributed by atoms with Crippen LogP contribution in [-0.4, -0.2) is 15.6 Å². The lowest BCUT2D eigenvalue weighted by Gasteiger charge is -2.10. The summed E-state index contributed by atoms with van der Waals surface area (Å²) in [5, 5.41) is 10.4. The molecule has 1 aromatic heterocycles. The number of carboxylic acid groups (broad SMARTS) is 1. The minimum atomic E-state index is -0.844. The van der Waals surface area contributed by atoms with Gasteiger partial charge < -0.3 is 9.67 Å². The fraction of sp³-hybridized carbons (Fsp3) is 0.357. The van der Waals surface area contributed by atoms with Gasteiger partial charge in [0.25, 0.3) is 0 Å². The molecule has 0 amide bonds. The smallest absolute Gasteiger partial charge is 0.338 e. The predicted octanol–water partition coefficient (Wildman–Crippen LogP) is 3.37. The first-order valence-corrected chi connectivity index (χ1v) is 5.89. The van der Waals surface area contributed by atoms with E-state index in [1.165, 1.54) is 0 Å². The third-order valence-corrected chi connectivity index (χ3v) is 3.14. The Labute approximate surface area is 101 Å². The molecule has 0 aliphatic carbocycles. The molecule has 0 saturated heterocycles. The monoisotopic (exact) mass is 231 g/mol. The van der Waals surface area contributed by atoms with Gasteiger partial charge in [-0.05, 0) is 31.9 Å². The van der Waals surface area contributed by atoms with Crippen molar-refractivity contribution in [3.63, 3.8) is 0 Å². The van der Waals surface area contributed by atoms with Crippen molar-refractivity contribution in [1.82, 2.24) is 4.57 Å². The summed E-state index contributed by atoms with van der Waals surface area (Å²) in [6.45, 7) is 6.83. The summed E-state index contributed by atoms with van der Waals surface area (Å²) < 4.78 is 2.10. The van der Waals surface area contributed by atoms with Crippen LogP contribution in [-0.2, 0) is 6.54 Å². The second kappa shape index (κ2) is 4.24. The van der Waals surface area contributed by atoms with Crippen molar-refractivity contribution in [2.75, 3.05) is 0 Å². The Hall–Kier alpha value is -1.77. The third kappa shape index (κ3) is 1.82. The van der Waals surface area contributed by atoms with Gasteiger partial charge in [0, 0.05) is 17.6 Å². The average Bonchev–Trinajstić information content (AvgIpc) is 2.56. The van der Waals surface area contributed by atoms with Crippen LogP contribution in [0.2, 0.25) is 0 Å². The van der Waals surface area contributed by atoms with Crippen molar-refractivity contribution in [2.24, 2.45) is 0 Å². The van der Waals surface area contributed by atoms with E-state index in [0.717, 1.165) is 35.1 Å². The number of rotatable bonds is 3. The summed E-state index contributed by atoms with van der Waals surface area (Å²) in [7, 11) is 0. The molecule has 90 valence electrons. The first-order chi connectivity index (χ1) is 8.06. The van der Waals surface area contributed by atoms with E-state index in [2.05, 4.69) is 17.6 Å². The van der Waals surface area contributed by atoms with Crippen LogP contribution in [0, 0.1) is 13.8 Å². The van der Waals surface area contributed by atoms with Gasteiger partial charge in [0.2, 0.25) is 0 Å². The van der Waals surface area contributed by atoms with E-state index in [1.807, 2.05) is 26.0 Å². The largest absolute Gasteiger partial charge is 0.478 e. The SMILES string of the molecule is CCCn1c(C)cc2ccc(C)c(C(=O)O)c21. The summed E-state index contributed by atoms with van der Waals surface area (Å²) in [5.74, 6) is -0.844. The molecule has 17 heavy (non-hydrogen) atoms. The normalized spacial score (nSPS) is 11.0. The molecule has 1 N–H and O–H groups in total. The van der Waals surface area contributed by atoms with E-state index in [-0.39, 0.29) is 0 Å². The highest BCUT2D eigenvalue weighted by Crippen LogP contribution is 2.26. The van der Waals surface area contributed by atoms with Crippen LogP contribution in [0.3, 0.4) is 0 Å². The van der Waals surface area contributed by atoms with Gasteiger partial charge in [0.1, 0.15) is 0 Å². The molecule has 0 fully saturated rings. The number of carboxylic acids is 1. The van der Waals surface area contributed by atoms with E-state index < -0.39 is 5.97 Å². The van der Waals surface area contributed by atoms with Crippen molar-refractivity contribution in [3.05, 3.63) is 35.0 Å². The van der Waals surface area contributed by atoms with E-state index >= 15 is 0 Å². The standard InChI is InChI=1S/C14H17NO2/c1-4-7-15-10(3)8-11-6-5-9(2)12(13(11)15)14(16)17/h5-6,8H,4,7H2,1-3H3,(H,16,17). The molecular weight excluding hydrogens is 214 g/mol. The second-order valence-corrected chi connectivity index (χ2v) is 4.44. The van der Waals surface area contributed by atoms with Gasteiger partial charge in [-0.3, -0.25) is 0 Å². The molecule has 0 bridgehead atoms. The number of benzene rings is 1. The van der Waals surface area contributed by atoms with E-state index in [1.54, 1.807) is 0 Å². The molecule has 0 atom stereocenters. The average molecular weight is 231 g/mol. The van der Waals surface area contributed by atoms with Gasteiger partial charge in [0.05, 0.1) is 11.1 Å². The molecule has 1 heterocycles. The van der Waals surface area contributed by atoms with Gasteiger partial charge in [0.15, 0.2) is 0 Å². The Morgan fingerprint density at radius 2 is 2.06 bits per heavy atom. The molecule has 0 aliphatic heterocycles. The molecule has 0 unspecified atom stereocenters. The van der Waals surface area contributed by atoms with E-state index in [9.17, 15) is 9.90 Å². The van der Waals surface area contributed by atoms with Crippen molar-refractivity contribution < 1.29 is 9.90 Å². The number of fused-ring (bicyclic) bond motifs is 1. The first-order valence-electron chi connectivity index (χ1n) is 5.89. The van der Waals surface area contributed by atoms with Crippen LogP contribution < -0.4 is 0 Å². The lowest BCUT2D eigenvalue weighted by Crippen LogP contribution is -2.06. The highest BCUT2D eigenvalue weighted by atomic mass is 16.4. The minimum absolute atomic E-state index is 0.434. The molecule has 0 saturated carbocycles. The van der Waals surface area contributed by atoms with Gasteiger partial charge in [-0.1, -0.05) is 19.1 Å². The second-order valence-electron chi connectivity index (χ2n) is 4.44. The van der Waals surface area contributed by atoms with Crippen molar-refractivity contribution in [2.45, 2.75) is 33.7 Å². The Bertz CT molecular complexity index is 581. The lowest BCUT2D eigenvalue weighted by molar-refractivity contribution is 0.0698. The van der Waals surface area contributed by atoms with Gasteiger partial charge >= 0.3 is 5.97 Å². The van der Waals surface area contributed by atoms with E-state index in [4.69, 9.17) is 0 Å². The van der Waals surface area contributed by atoms with Gasteiger partial charge in [-0.15, -0.1) is 0 Å². The van der Waals surface area contributed by atoms with Crippen LogP contribution >= 0.6 is 0 Å². The zero-order valence-corrected chi connectivity index (χ0v) is 10.4. The predicted molar refractivity (Wildman–Crippen MR) is 68.7 cm³/mol. The minimum Gasteiger partial charge on any atom is -0.478 e. The van der Waals surface area contributed by atoms with Crippen LogP contribution in [0.1, 0.15) is 35.0 Å². The van der Waals surface area contributed by atoms with E-state index in [0.29, 0.717) is 5.56 Å². The number of hydrogen-bond acceptors (Lipinski definition) is 1. The number of aromatic carboxylic acids is 1. The summed E-state index contributed by atoms with van der Waals surface area (Å²) in [4.78, 5) is 11.4. The molecule has 3 heteroatoms. The fourth-order valence-corrected chi connectivity index (χ4v) is 2.38. The summed E-state index contributed by atoms with van der Waals surface area (Å²) in [5.41, 5.74) is 3.23.